The Kier molecular flexibility index (Phi) is 51.5. The van der Waals surface area contributed by atoms with Crippen molar-refractivity contribution in [2.75, 3.05) is 40.9 Å². The van der Waals surface area contributed by atoms with Crippen LogP contribution in [0.1, 0.15) is 316 Å². The molecule has 0 rings (SSSR count). The molecule has 0 saturated carbocycles. The van der Waals surface area contributed by atoms with Crippen molar-refractivity contribution in [2.45, 2.75) is 328 Å². The molecular formula is C60H121N2O6P. The van der Waals surface area contributed by atoms with Crippen molar-refractivity contribution in [1.29, 1.82) is 0 Å². The maximum Gasteiger partial charge on any atom is 0.268 e. The summed E-state index contributed by atoms with van der Waals surface area (Å²) in [6, 6.07) is -0.798. The van der Waals surface area contributed by atoms with Gasteiger partial charge in [0.05, 0.1) is 39.9 Å². The van der Waals surface area contributed by atoms with Crippen LogP contribution in [-0.2, 0) is 18.4 Å². The Balaban J connectivity index is 4.10. The van der Waals surface area contributed by atoms with E-state index in [0.717, 1.165) is 38.5 Å². The van der Waals surface area contributed by atoms with Crippen molar-refractivity contribution in [1.82, 2.24) is 5.32 Å². The average molecular weight is 998 g/mol. The van der Waals surface area contributed by atoms with Gasteiger partial charge in [0.2, 0.25) is 5.91 Å². The van der Waals surface area contributed by atoms with Crippen LogP contribution in [0.15, 0.2) is 12.2 Å². The second kappa shape index (κ2) is 52.1. The number of phosphoric acid groups is 1. The van der Waals surface area contributed by atoms with Gasteiger partial charge in [0, 0.05) is 6.42 Å². The molecular weight excluding hydrogens is 876 g/mol. The first-order valence-corrected chi connectivity index (χ1v) is 32.0. The minimum atomic E-state index is -4.57. The number of rotatable bonds is 57. The molecule has 0 bridgehead atoms. The molecule has 0 heterocycles. The summed E-state index contributed by atoms with van der Waals surface area (Å²) in [4.78, 5) is 25.6. The largest absolute Gasteiger partial charge is 0.756 e. The van der Waals surface area contributed by atoms with Gasteiger partial charge in [-0.3, -0.25) is 9.36 Å². The van der Waals surface area contributed by atoms with Crippen molar-refractivity contribution < 1.29 is 32.9 Å². The average Bonchev–Trinajstić information content (AvgIpc) is 3.31. The van der Waals surface area contributed by atoms with Gasteiger partial charge in [-0.25, -0.2) is 0 Å². The monoisotopic (exact) mass is 997 g/mol. The van der Waals surface area contributed by atoms with E-state index < -0.39 is 20.0 Å². The van der Waals surface area contributed by atoms with Crippen LogP contribution in [0.25, 0.3) is 0 Å². The molecule has 0 aromatic rings. The van der Waals surface area contributed by atoms with E-state index in [1.54, 1.807) is 0 Å². The van der Waals surface area contributed by atoms with Crippen LogP contribution in [-0.4, -0.2) is 68.5 Å². The van der Waals surface area contributed by atoms with Crippen LogP contribution < -0.4 is 10.2 Å². The van der Waals surface area contributed by atoms with Gasteiger partial charge in [0.15, 0.2) is 0 Å². The summed E-state index contributed by atoms with van der Waals surface area (Å²) >= 11 is 0. The number of nitrogens with zero attached hydrogens (tertiary/aromatic N) is 1. The fourth-order valence-corrected chi connectivity index (χ4v) is 10.2. The number of carbonyl (C=O) groups is 1. The summed E-state index contributed by atoms with van der Waals surface area (Å²) in [6.07, 6.45) is 63.9. The van der Waals surface area contributed by atoms with Gasteiger partial charge < -0.3 is 28.8 Å². The third-order valence-corrected chi connectivity index (χ3v) is 15.2. The highest BCUT2D eigenvalue weighted by Crippen LogP contribution is 2.38. The number of carbonyl (C=O) groups excluding carboxylic acids is 1. The molecule has 0 fully saturated rings. The molecule has 0 aromatic carbocycles. The zero-order valence-corrected chi connectivity index (χ0v) is 47.9. The summed E-state index contributed by atoms with van der Waals surface area (Å²) in [5.74, 6) is -0.158. The molecule has 1 amide bonds. The molecule has 0 radical (unpaired) electrons. The van der Waals surface area contributed by atoms with Crippen LogP contribution in [0.4, 0.5) is 0 Å². The lowest BCUT2D eigenvalue weighted by molar-refractivity contribution is -0.870. The Morgan fingerprint density at radius 3 is 1.13 bits per heavy atom. The maximum atomic E-state index is 13.0. The Labute approximate surface area is 431 Å². The zero-order chi connectivity index (χ0) is 50.6. The second-order valence-electron chi connectivity index (χ2n) is 22.4. The fourth-order valence-electron chi connectivity index (χ4n) is 9.45. The third kappa shape index (κ3) is 54.8. The number of quaternary nitrogens is 1. The van der Waals surface area contributed by atoms with Crippen LogP contribution in [0.3, 0.4) is 0 Å². The lowest BCUT2D eigenvalue weighted by atomic mass is 10.0. The highest BCUT2D eigenvalue weighted by atomic mass is 31.2. The zero-order valence-electron chi connectivity index (χ0n) is 47.0. The highest BCUT2D eigenvalue weighted by molar-refractivity contribution is 7.45. The Bertz CT molecular complexity index is 1130. The number of hydrogen-bond acceptors (Lipinski definition) is 6. The quantitative estimate of drug-likeness (QED) is 0.0272. The minimum absolute atomic E-state index is 0.0151. The molecule has 9 heteroatoms. The lowest BCUT2D eigenvalue weighted by Gasteiger charge is -2.30. The van der Waals surface area contributed by atoms with E-state index in [1.165, 1.54) is 250 Å². The first kappa shape index (κ1) is 68.2. The predicted molar refractivity (Wildman–Crippen MR) is 298 cm³/mol. The van der Waals surface area contributed by atoms with E-state index in [4.69, 9.17) is 9.05 Å². The Hall–Kier alpha value is -0.760. The Morgan fingerprint density at radius 2 is 0.797 bits per heavy atom. The van der Waals surface area contributed by atoms with Crippen LogP contribution in [0.5, 0.6) is 0 Å². The summed E-state index contributed by atoms with van der Waals surface area (Å²) < 4.78 is 23.5. The van der Waals surface area contributed by atoms with Gasteiger partial charge in [-0.2, -0.15) is 0 Å². The SMILES string of the molecule is CCCCCCCCCC/C=C\CCCCCCCCCCCCCCCC(=O)NC(COP(=O)([O-])OCC[N+](C)(C)C)C(O)CCCCCCCCCCCCCCCCCCCCCCCC. The van der Waals surface area contributed by atoms with Gasteiger partial charge in [-0.1, -0.05) is 283 Å². The van der Waals surface area contributed by atoms with E-state index >= 15 is 0 Å². The van der Waals surface area contributed by atoms with Gasteiger partial charge in [-0.15, -0.1) is 0 Å². The third-order valence-electron chi connectivity index (χ3n) is 14.3. The number of unbranched alkanes of at least 4 members (excludes halogenated alkanes) is 42. The van der Waals surface area contributed by atoms with E-state index in [1.807, 2.05) is 21.1 Å². The summed E-state index contributed by atoms with van der Waals surface area (Å²) in [5.41, 5.74) is 0. The smallest absolute Gasteiger partial charge is 0.268 e. The number of aliphatic hydroxyl groups excluding tert-OH is 1. The maximum absolute atomic E-state index is 13.0. The van der Waals surface area contributed by atoms with Crippen molar-refractivity contribution in [3.05, 3.63) is 12.2 Å². The lowest BCUT2D eigenvalue weighted by Crippen LogP contribution is -2.46. The number of nitrogens with one attached hydrogen (secondary N) is 1. The highest BCUT2D eigenvalue weighted by Gasteiger charge is 2.24. The number of hydrogen-bond donors (Lipinski definition) is 2. The molecule has 0 spiro atoms. The predicted octanol–water partition coefficient (Wildman–Crippen LogP) is 18.0. The molecule has 8 nitrogen and oxygen atoms in total. The molecule has 3 unspecified atom stereocenters. The van der Waals surface area contributed by atoms with Crippen LogP contribution in [0, 0.1) is 0 Å². The van der Waals surface area contributed by atoms with E-state index in [9.17, 15) is 19.4 Å². The molecule has 0 saturated heterocycles. The first-order valence-electron chi connectivity index (χ1n) is 30.5. The number of likely N-dealkylation sites (N-methyl/N-ethyl adjacent to an activating group) is 1. The molecule has 69 heavy (non-hydrogen) atoms. The molecule has 2 N–H and O–H groups in total. The molecule has 412 valence electrons. The summed E-state index contributed by atoms with van der Waals surface area (Å²) in [5, 5.41) is 14.1. The van der Waals surface area contributed by atoms with Gasteiger partial charge in [0.1, 0.15) is 13.2 Å². The van der Waals surface area contributed by atoms with Gasteiger partial charge in [-0.05, 0) is 38.5 Å². The number of allylic oxidation sites excluding steroid dienone is 2. The van der Waals surface area contributed by atoms with E-state index in [2.05, 4.69) is 31.3 Å². The van der Waals surface area contributed by atoms with Gasteiger partial charge in [0.25, 0.3) is 7.82 Å². The molecule has 0 aliphatic rings. The number of aliphatic hydroxyl groups is 1. The summed E-state index contributed by atoms with van der Waals surface area (Å²) in [7, 11) is 1.32. The van der Waals surface area contributed by atoms with Crippen LogP contribution in [0.2, 0.25) is 0 Å². The van der Waals surface area contributed by atoms with Crippen molar-refractivity contribution >= 4 is 13.7 Å². The molecule has 3 atom stereocenters. The Morgan fingerprint density at radius 1 is 0.493 bits per heavy atom. The fraction of sp³-hybridized carbons (Fsp3) is 0.950. The summed E-state index contributed by atoms with van der Waals surface area (Å²) in [6.45, 7) is 4.77. The second-order valence-corrected chi connectivity index (χ2v) is 23.8. The normalized spacial score (nSPS) is 13.9. The minimum Gasteiger partial charge on any atom is -0.756 e. The number of phosphoric ester groups is 1. The topological polar surface area (TPSA) is 108 Å². The van der Waals surface area contributed by atoms with Crippen molar-refractivity contribution in [3.8, 4) is 0 Å². The standard InChI is InChI=1S/C60H121N2O6P/c1-6-8-10-12-14-16-18-20-22-24-26-28-30-31-32-34-36-38-40-42-44-46-48-50-52-54-60(64)61-58(57-68-69(65,66)67-56-55-62(3,4)5)59(63)53-51-49-47-45-43-41-39-37-35-33-29-27-25-23-21-19-17-15-13-11-9-7-2/h24,26,58-59,63H,6-23,25,27-57H2,1-5H3,(H-,61,64,65,66)/b26-24-. The van der Waals surface area contributed by atoms with E-state index in [0.29, 0.717) is 23.9 Å². The van der Waals surface area contributed by atoms with E-state index in [-0.39, 0.29) is 19.1 Å². The van der Waals surface area contributed by atoms with Crippen molar-refractivity contribution in [2.24, 2.45) is 0 Å². The van der Waals surface area contributed by atoms with Crippen molar-refractivity contribution in [3.63, 3.8) is 0 Å². The molecule has 0 aliphatic carbocycles. The first-order chi connectivity index (χ1) is 33.5. The number of amides is 1. The van der Waals surface area contributed by atoms with Crippen LogP contribution >= 0.6 is 7.82 Å². The molecule has 0 aromatic heterocycles. The molecule has 0 aliphatic heterocycles. The van der Waals surface area contributed by atoms with Gasteiger partial charge >= 0.3 is 0 Å².